The van der Waals surface area contributed by atoms with Gasteiger partial charge in [0.15, 0.2) is 0 Å². The Balaban J connectivity index is 1.27. The van der Waals surface area contributed by atoms with Gasteiger partial charge in [-0.2, -0.15) is 0 Å². The van der Waals surface area contributed by atoms with Crippen molar-refractivity contribution in [3.63, 3.8) is 0 Å². The highest BCUT2D eigenvalue weighted by atomic mass is 15.3. The predicted molar refractivity (Wildman–Crippen MR) is 122 cm³/mol. The van der Waals surface area contributed by atoms with E-state index in [1.165, 1.54) is 86.0 Å². The number of hydrogen-bond acceptors (Lipinski definition) is 2. The van der Waals surface area contributed by atoms with E-state index >= 15 is 0 Å². The van der Waals surface area contributed by atoms with E-state index in [-0.39, 0.29) is 0 Å². The Kier molecular flexibility index (Phi) is 5.69. The van der Waals surface area contributed by atoms with Crippen LogP contribution in [0, 0.1) is 0 Å². The molecule has 2 heterocycles. The Labute approximate surface area is 174 Å². The van der Waals surface area contributed by atoms with Gasteiger partial charge in [0.25, 0.3) is 0 Å². The van der Waals surface area contributed by atoms with Gasteiger partial charge < -0.3 is 9.88 Å². The van der Waals surface area contributed by atoms with Crippen LogP contribution in [0.1, 0.15) is 37.7 Å². The minimum Gasteiger partial charge on any atom is -0.354 e. The van der Waals surface area contributed by atoms with Crippen molar-refractivity contribution in [2.24, 2.45) is 0 Å². The minimum absolute atomic E-state index is 0.865. The predicted octanol–water partition coefficient (Wildman–Crippen LogP) is 5.33. The average molecular weight is 388 g/mol. The Morgan fingerprint density at radius 1 is 0.793 bits per heavy atom. The summed E-state index contributed by atoms with van der Waals surface area (Å²) in [6.07, 6.45) is 8.29. The third kappa shape index (κ3) is 4.12. The van der Waals surface area contributed by atoms with E-state index in [1.54, 1.807) is 0 Å². The van der Waals surface area contributed by atoms with Crippen LogP contribution in [0.2, 0.25) is 0 Å². The molecular weight excluding hydrogens is 354 g/mol. The van der Waals surface area contributed by atoms with Crippen molar-refractivity contribution in [3.8, 4) is 11.3 Å². The van der Waals surface area contributed by atoms with Gasteiger partial charge in [-0.15, -0.1) is 0 Å². The van der Waals surface area contributed by atoms with Crippen LogP contribution in [0.3, 0.4) is 0 Å². The van der Waals surface area contributed by atoms with Crippen LogP contribution >= 0.6 is 0 Å². The topological polar surface area (TPSA) is 22.3 Å². The lowest BCUT2D eigenvalue weighted by atomic mass is 9.94. The molecule has 0 bridgehead atoms. The molecule has 0 radical (unpaired) electrons. The molecule has 3 heteroatoms. The van der Waals surface area contributed by atoms with Gasteiger partial charge in [0.1, 0.15) is 0 Å². The SMILES string of the molecule is c1ccc(-c2[nH]c3ccccc3c2CCN2CCN(C3CCCCC3)CC2)cc1. The molecule has 0 atom stereocenters. The molecular formula is C26H33N3. The second kappa shape index (κ2) is 8.73. The summed E-state index contributed by atoms with van der Waals surface area (Å²) >= 11 is 0. The molecule has 1 N–H and O–H groups in total. The molecule has 3 nitrogen and oxygen atoms in total. The molecule has 2 aliphatic rings. The summed E-state index contributed by atoms with van der Waals surface area (Å²) in [5.41, 5.74) is 5.32. The van der Waals surface area contributed by atoms with Crippen LogP contribution in [0.15, 0.2) is 54.6 Å². The third-order valence-electron chi connectivity index (χ3n) is 7.05. The van der Waals surface area contributed by atoms with E-state index in [4.69, 9.17) is 0 Å². The molecule has 1 saturated heterocycles. The molecule has 0 spiro atoms. The van der Waals surface area contributed by atoms with E-state index in [0.29, 0.717) is 0 Å². The standard InChI is InChI=1S/C26H33N3/c1-3-9-21(10-4-1)26-24(23-13-7-8-14-25(23)27-26)15-16-28-17-19-29(20-18-28)22-11-5-2-6-12-22/h1,3-4,7-10,13-14,22,27H,2,5-6,11-12,15-20H2. The quantitative estimate of drug-likeness (QED) is 0.639. The first kappa shape index (κ1) is 18.9. The molecule has 1 aromatic heterocycles. The number of nitrogens with zero attached hydrogens (tertiary/aromatic N) is 2. The van der Waals surface area contributed by atoms with Crippen LogP contribution < -0.4 is 0 Å². The van der Waals surface area contributed by atoms with Crippen LogP contribution in [-0.2, 0) is 6.42 Å². The number of rotatable bonds is 5. The first-order valence-corrected chi connectivity index (χ1v) is 11.5. The number of aromatic nitrogens is 1. The second-order valence-corrected chi connectivity index (χ2v) is 8.81. The molecule has 0 unspecified atom stereocenters. The van der Waals surface area contributed by atoms with Crippen molar-refractivity contribution in [3.05, 3.63) is 60.2 Å². The van der Waals surface area contributed by atoms with Gasteiger partial charge in [-0.25, -0.2) is 0 Å². The molecule has 1 saturated carbocycles. The van der Waals surface area contributed by atoms with Crippen molar-refractivity contribution >= 4 is 10.9 Å². The number of nitrogens with one attached hydrogen (secondary N) is 1. The van der Waals surface area contributed by atoms with E-state index < -0.39 is 0 Å². The van der Waals surface area contributed by atoms with Gasteiger partial charge in [0.2, 0.25) is 0 Å². The van der Waals surface area contributed by atoms with E-state index in [1.807, 2.05) is 0 Å². The first-order valence-electron chi connectivity index (χ1n) is 11.5. The van der Waals surface area contributed by atoms with Crippen LogP contribution in [-0.4, -0.2) is 53.5 Å². The van der Waals surface area contributed by atoms with Crippen LogP contribution in [0.5, 0.6) is 0 Å². The summed E-state index contributed by atoms with van der Waals surface area (Å²) in [5.74, 6) is 0. The fourth-order valence-electron chi connectivity index (χ4n) is 5.38. The number of para-hydroxylation sites is 1. The molecule has 2 aromatic carbocycles. The molecule has 0 amide bonds. The van der Waals surface area contributed by atoms with Gasteiger partial charge in [0, 0.05) is 55.4 Å². The Hall–Kier alpha value is -2.10. The van der Waals surface area contributed by atoms with E-state index in [0.717, 1.165) is 19.0 Å². The van der Waals surface area contributed by atoms with Crippen LogP contribution in [0.4, 0.5) is 0 Å². The molecule has 1 aliphatic heterocycles. The number of aromatic amines is 1. The summed E-state index contributed by atoms with van der Waals surface area (Å²) in [7, 11) is 0. The zero-order valence-corrected chi connectivity index (χ0v) is 17.4. The molecule has 152 valence electrons. The first-order chi connectivity index (χ1) is 14.4. The molecule has 3 aromatic rings. The summed E-state index contributed by atoms with van der Waals surface area (Å²) in [5, 5.41) is 1.38. The van der Waals surface area contributed by atoms with Crippen molar-refractivity contribution < 1.29 is 0 Å². The lowest BCUT2D eigenvalue weighted by Gasteiger charge is -2.40. The summed E-state index contributed by atoms with van der Waals surface area (Å²) < 4.78 is 0. The Morgan fingerprint density at radius 3 is 2.31 bits per heavy atom. The third-order valence-corrected chi connectivity index (χ3v) is 7.05. The maximum Gasteiger partial charge on any atom is 0.0497 e. The number of benzene rings is 2. The van der Waals surface area contributed by atoms with Crippen molar-refractivity contribution in [1.82, 2.24) is 14.8 Å². The summed E-state index contributed by atoms with van der Waals surface area (Å²) in [6, 6.07) is 20.4. The second-order valence-electron chi connectivity index (χ2n) is 8.81. The van der Waals surface area contributed by atoms with Gasteiger partial charge in [-0.3, -0.25) is 4.90 Å². The number of fused-ring (bicyclic) bond motifs is 1. The maximum atomic E-state index is 3.69. The Bertz CT molecular complexity index is 916. The Morgan fingerprint density at radius 2 is 1.52 bits per heavy atom. The van der Waals surface area contributed by atoms with E-state index in [2.05, 4.69) is 69.4 Å². The maximum absolute atomic E-state index is 3.69. The molecule has 29 heavy (non-hydrogen) atoms. The molecule has 5 rings (SSSR count). The highest BCUT2D eigenvalue weighted by Crippen LogP contribution is 2.31. The minimum atomic E-state index is 0.865. The molecule has 2 fully saturated rings. The van der Waals surface area contributed by atoms with Gasteiger partial charge >= 0.3 is 0 Å². The van der Waals surface area contributed by atoms with Gasteiger partial charge in [0.05, 0.1) is 0 Å². The lowest BCUT2D eigenvalue weighted by molar-refractivity contribution is 0.0796. The zero-order chi connectivity index (χ0) is 19.5. The number of hydrogen-bond donors (Lipinski definition) is 1. The normalized spacial score (nSPS) is 19.7. The monoisotopic (exact) mass is 387 g/mol. The zero-order valence-electron chi connectivity index (χ0n) is 17.4. The van der Waals surface area contributed by atoms with Crippen molar-refractivity contribution in [1.29, 1.82) is 0 Å². The van der Waals surface area contributed by atoms with E-state index in [9.17, 15) is 0 Å². The number of piperazine rings is 1. The fourth-order valence-corrected chi connectivity index (χ4v) is 5.38. The summed E-state index contributed by atoms with van der Waals surface area (Å²) in [6.45, 7) is 6.10. The highest BCUT2D eigenvalue weighted by Gasteiger charge is 2.25. The van der Waals surface area contributed by atoms with Crippen molar-refractivity contribution in [2.45, 2.75) is 44.6 Å². The van der Waals surface area contributed by atoms with Crippen molar-refractivity contribution in [2.75, 3.05) is 32.7 Å². The van der Waals surface area contributed by atoms with Gasteiger partial charge in [-0.1, -0.05) is 67.8 Å². The van der Waals surface area contributed by atoms with Crippen LogP contribution in [0.25, 0.3) is 22.2 Å². The highest BCUT2D eigenvalue weighted by molar-refractivity contribution is 5.90. The van der Waals surface area contributed by atoms with Gasteiger partial charge in [-0.05, 0) is 36.5 Å². The number of H-pyrrole nitrogens is 1. The largest absolute Gasteiger partial charge is 0.354 e. The average Bonchev–Trinajstić information content (AvgIpc) is 3.18. The molecule has 1 aliphatic carbocycles. The fraction of sp³-hybridized carbons (Fsp3) is 0.462. The smallest absolute Gasteiger partial charge is 0.0497 e. The summed E-state index contributed by atoms with van der Waals surface area (Å²) in [4.78, 5) is 9.14. The lowest BCUT2D eigenvalue weighted by Crippen LogP contribution is -2.51.